The summed E-state index contributed by atoms with van der Waals surface area (Å²) in [5, 5.41) is 1.23. The number of primary amides is 1. The van der Waals surface area contributed by atoms with Crippen LogP contribution in [-0.2, 0) is 17.6 Å². The Kier molecular flexibility index (Phi) is 3.71. The third kappa shape index (κ3) is 2.59. The molecule has 1 aliphatic carbocycles. The maximum atomic E-state index is 11.6. The molecule has 4 rings (SSSR count). The van der Waals surface area contributed by atoms with Crippen molar-refractivity contribution in [1.82, 2.24) is 9.97 Å². The lowest BCUT2D eigenvalue weighted by molar-refractivity contribution is -0.122. The minimum absolute atomic E-state index is 0.0664. The zero-order valence-corrected chi connectivity index (χ0v) is 14.2. The number of aryl methyl sites for hydroxylation is 1. The van der Waals surface area contributed by atoms with Gasteiger partial charge in [0.05, 0.1) is 11.3 Å². The van der Waals surface area contributed by atoms with E-state index in [0.717, 1.165) is 48.8 Å². The van der Waals surface area contributed by atoms with Crippen LogP contribution in [0.5, 0.6) is 0 Å². The predicted octanol–water partition coefficient (Wildman–Crippen LogP) is 2.52. The molecule has 0 aromatic carbocycles. The fraction of sp³-hybridized carbons (Fsp3) is 0.588. The van der Waals surface area contributed by atoms with E-state index < -0.39 is 0 Å². The lowest BCUT2D eigenvalue weighted by Gasteiger charge is -2.32. The number of nitrogens with zero attached hydrogens (tertiary/aromatic N) is 3. The van der Waals surface area contributed by atoms with Gasteiger partial charge in [0.25, 0.3) is 0 Å². The number of carbonyl (C=O) groups is 1. The van der Waals surface area contributed by atoms with Crippen molar-refractivity contribution in [1.29, 1.82) is 0 Å². The minimum atomic E-state index is -0.193. The zero-order valence-electron chi connectivity index (χ0n) is 13.4. The standard InChI is InChI=1S/C17H22N4OS/c1-10-4-5-12-13(7-10)23-17-14(12)16(19-9-20-17)21-6-2-3-11(8-21)15(18)22/h9-11H,2-8H2,1H3,(H2,18,22)/t10-,11+/m1/s1. The molecule has 2 atom stereocenters. The van der Waals surface area contributed by atoms with Gasteiger partial charge in [-0.15, -0.1) is 11.3 Å². The van der Waals surface area contributed by atoms with Crippen LogP contribution < -0.4 is 10.6 Å². The molecule has 0 unspecified atom stereocenters. The predicted molar refractivity (Wildman–Crippen MR) is 92.7 cm³/mol. The molecule has 5 nitrogen and oxygen atoms in total. The molecule has 2 aromatic heterocycles. The van der Waals surface area contributed by atoms with Crippen LogP contribution >= 0.6 is 11.3 Å². The van der Waals surface area contributed by atoms with Gasteiger partial charge in [0.15, 0.2) is 0 Å². The second-order valence-corrected chi connectivity index (χ2v) is 8.00. The van der Waals surface area contributed by atoms with Crippen LogP contribution in [0.2, 0.25) is 0 Å². The number of hydrogen-bond donors (Lipinski definition) is 1. The smallest absolute Gasteiger partial charge is 0.222 e. The first-order valence-electron chi connectivity index (χ1n) is 8.43. The average molecular weight is 330 g/mol. The summed E-state index contributed by atoms with van der Waals surface area (Å²) >= 11 is 1.82. The summed E-state index contributed by atoms with van der Waals surface area (Å²) < 4.78 is 0. The first-order valence-corrected chi connectivity index (χ1v) is 9.24. The van der Waals surface area contributed by atoms with Crippen LogP contribution in [0.25, 0.3) is 10.2 Å². The molecule has 0 saturated carbocycles. The van der Waals surface area contributed by atoms with Gasteiger partial charge in [-0.3, -0.25) is 4.79 Å². The minimum Gasteiger partial charge on any atom is -0.369 e. The van der Waals surface area contributed by atoms with E-state index in [4.69, 9.17) is 5.73 Å². The normalized spacial score (nSPS) is 24.7. The van der Waals surface area contributed by atoms with Crippen molar-refractivity contribution in [3.05, 3.63) is 16.8 Å². The van der Waals surface area contributed by atoms with Gasteiger partial charge in [0.1, 0.15) is 17.0 Å². The van der Waals surface area contributed by atoms with E-state index in [9.17, 15) is 4.79 Å². The Morgan fingerprint density at radius 3 is 3.09 bits per heavy atom. The van der Waals surface area contributed by atoms with Crippen LogP contribution in [0.3, 0.4) is 0 Å². The van der Waals surface area contributed by atoms with Crippen molar-refractivity contribution in [3.63, 3.8) is 0 Å². The van der Waals surface area contributed by atoms with Gasteiger partial charge in [-0.2, -0.15) is 0 Å². The van der Waals surface area contributed by atoms with Gasteiger partial charge in [0.2, 0.25) is 5.91 Å². The molecule has 2 aromatic rings. The van der Waals surface area contributed by atoms with Crippen molar-refractivity contribution >= 4 is 33.3 Å². The molecule has 1 saturated heterocycles. The van der Waals surface area contributed by atoms with Gasteiger partial charge in [-0.25, -0.2) is 9.97 Å². The van der Waals surface area contributed by atoms with E-state index in [1.807, 2.05) is 11.3 Å². The highest BCUT2D eigenvalue weighted by Gasteiger charge is 2.29. The van der Waals surface area contributed by atoms with Crippen LogP contribution in [-0.4, -0.2) is 29.0 Å². The van der Waals surface area contributed by atoms with Crippen LogP contribution in [0.15, 0.2) is 6.33 Å². The third-order valence-corrected chi connectivity index (χ3v) is 6.36. The summed E-state index contributed by atoms with van der Waals surface area (Å²) in [6.07, 6.45) is 7.04. The van der Waals surface area contributed by atoms with Crippen LogP contribution in [0, 0.1) is 11.8 Å². The first kappa shape index (κ1) is 14.9. The van der Waals surface area contributed by atoms with Gasteiger partial charge in [-0.1, -0.05) is 6.92 Å². The summed E-state index contributed by atoms with van der Waals surface area (Å²) in [5.41, 5.74) is 6.97. The maximum Gasteiger partial charge on any atom is 0.222 e. The quantitative estimate of drug-likeness (QED) is 0.918. The Labute approximate surface area is 139 Å². The number of amides is 1. The van der Waals surface area contributed by atoms with Crippen molar-refractivity contribution in [2.75, 3.05) is 18.0 Å². The summed E-state index contributed by atoms with van der Waals surface area (Å²) in [7, 11) is 0. The largest absolute Gasteiger partial charge is 0.369 e. The van der Waals surface area contributed by atoms with E-state index in [1.165, 1.54) is 22.2 Å². The van der Waals surface area contributed by atoms with Gasteiger partial charge in [-0.05, 0) is 43.6 Å². The summed E-state index contributed by atoms with van der Waals surface area (Å²) in [5.74, 6) is 1.50. The number of hydrogen-bond acceptors (Lipinski definition) is 5. The molecule has 0 radical (unpaired) electrons. The Hall–Kier alpha value is -1.69. The number of aromatic nitrogens is 2. The van der Waals surface area contributed by atoms with E-state index >= 15 is 0 Å². The van der Waals surface area contributed by atoms with Crippen molar-refractivity contribution < 1.29 is 4.79 Å². The monoisotopic (exact) mass is 330 g/mol. The van der Waals surface area contributed by atoms with Crippen molar-refractivity contribution in [2.45, 2.75) is 39.0 Å². The van der Waals surface area contributed by atoms with E-state index in [0.29, 0.717) is 6.54 Å². The molecule has 0 spiro atoms. The Morgan fingerprint density at radius 2 is 2.26 bits per heavy atom. The second-order valence-electron chi connectivity index (χ2n) is 6.92. The van der Waals surface area contributed by atoms with Gasteiger partial charge >= 0.3 is 0 Å². The number of nitrogens with two attached hydrogens (primary N) is 1. The van der Waals surface area contributed by atoms with E-state index in [2.05, 4.69) is 21.8 Å². The molecule has 2 aliphatic rings. The molecule has 23 heavy (non-hydrogen) atoms. The Morgan fingerprint density at radius 1 is 1.39 bits per heavy atom. The molecule has 2 N–H and O–H groups in total. The Balaban J connectivity index is 1.77. The number of anilines is 1. The average Bonchev–Trinajstić information content (AvgIpc) is 2.92. The molecular formula is C17H22N4OS. The zero-order chi connectivity index (χ0) is 16.0. The fourth-order valence-electron chi connectivity index (χ4n) is 3.90. The SMILES string of the molecule is C[C@@H]1CCc2c(sc3ncnc(N4CCC[C@H](C(N)=O)C4)c23)C1. The number of carbonyl (C=O) groups excluding carboxylic acids is 1. The van der Waals surface area contributed by atoms with Crippen molar-refractivity contribution in [3.8, 4) is 0 Å². The number of rotatable bonds is 2. The number of piperidine rings is 1. The molecule has 3 heterocycles. The van der Waals surface area contributed by atoms with Gasteiger partial charge in [0, 0.05) is 18.0 Å². The highest BCUT2D eigenvalue weighted by molar-refractivity contribution is 7.19. The maximum absolute atomic E-state index is 11.6. The molecule has 6 heteroatoms. The summed E-state index contributed by atoms with van der Waals surface area (Å²) in [6.45, 7) is 3.95. The molecule has 1 amide bonds. The molecule has 1 fully saturated rings. The van der Waals surface area contributed by atoms with Crippen molar-refractivity contribution in [2.24, 2.45) is 17.6 Å². The highest BCUT2D eigenvalue weighted by atomic mass is 32.1. The molecule has 0 bridgehead atoms. The molecule has 1 aliphatic heterocycles. The second kappa shape index (κ2) is 5.74. The fourth-order valence-corrected chi connectivity index (χ4v) is 5.24. The van der Waals surface area contributed by atoms with Crippen LogP contribution in [0.4, 0.5) is 5.82 Å². The topological polar surface area (TPSA) is 72.1 Å². The van der Waals surface area contributed by atoms with E-state index in [-0.39, 0.29) is 11.8 Å². The molecular weight excluding hydrogens is 308 g/mol. The van der Waals surface area contributed by atoms with E-state index in [1.54, 1.807) is 6.33 Å². The highest BCUT2D eigenvalue weighted by Crippen LogP contribution is 2.41. The number of thiophene rings is 1. The third-order valence-electron chi connectivity index (χ3n) is 5.20. The first-order chi connectivity index (χ1) is 11.1. The lowest BCUT2D eigenvalue weighted by atomic mass is 9.89. The van der Waals surface area contributed by atoms with Gasteiger partial charge < -0.3 is 10.6 Å². The molecule has 122 valence electrons. The summed E-state index contributed by atoms with van der Waals surface area (Å²) in [4.78, 5) is 25.5. The Bertz CT molecular complexity index is 756. The van der Waals surface area contributed by atoms with Crippen LogP contribution in [0.1, 0.15) is 36.6 Å². The lowest BCUT2D eigenvalue weighted by Crippen LogP contribution is -2.41. The summed E-state index contributed by atoms with van der Waals surface area (Å²) in [6, 6.07) is 0. The number of fused-ring (bicyclic) bond motifs is 3.